The molecule has 1 amide bonds. The van der Waals surface area contributed by atoms with E-state index in [1.54, 1.807) is 0 Å². The summed E-state index contributed by atoms with van der Waals surface area (Å²) in [6.07, 6.45) is -3.23. The number of carbonyl (C=O) groups is 1. The molecule has 1 saturated heterocycles. The third kappa shape index (κ3) is 5.62. The van der Waals surface area contributed by atoms with Gasteiger partial charge in [-0.25, -0.2) is 8.42 Å². The van der Waals surface area contributed by atoms with Crippen molar-refractivity contribution in [2.45, 2.75) is 36.9 Å². The summed E-state index contributed by atoms with van der Waals surface area (Å²) in [6, 6.07) is 7.19. The highest BCUT2D eigenvalue weighted by molar-refractivity contribution is 7.92. The van der Waals surface area contributed by atoms with Crippen molar-refractivity contribution < 1.29 is 26.4 Å². The van der Waals surface area contributed by atoms with Crippen molar-refractivity contribution in [3.63, 3.8) is 0 Å². The predicted molar refractivity (Wildman–Crippen MR) is 125 cm³/mol. The van der Waals surface area contributed by atoms with Crippen molar-refractivity contribution in [3.8, 4) is 0 Å². The van der Waals surface area contributed by atoms with Gasteiger partial charge in [-0.05, 0) is 74.7 Å². The average molecular weight is 538 g/mol. The van der Waals surface area contributed by atoms with Crippen LogP contribution in [0.3, 0.4) is 0 Å². The van der Waals surface area contributed by atoms with E-state index in [0.717, 1.165) is 18.6 Å². The Labute approximate surface area is 206 Å². The van der Waals surface area contributed by atoms with Gasteiger partial charge in [-0.1, -0.05) is 23.2 Å². The van der Waals surface area contributed by atoms with E-state index in [0.29, 0.717) is 29.9 Å². The summed E-state index contributed by atoms with van der Waals surface area (Å²) >= 11 is 12.0. The van der Waals surface area contributed by atoms with Crippen molar-refractivity contribution in [2.75, 3.05) is 23.9 Å². The Kier molecular flexibility index (Phi) is 8.07. The molecule has 0 spiro atoms. The molecule has 0 saturated carbocycles. The summed E-state index contributed by atoms with van der Waals surface area (Å²) in [5.74, 6) is -0.521. The second-order valence-corrected chi connectivity index (χ2v) is 10.8. The highest BCUT2D eigenvalue weighted by Gasteiger charge is 2.37. The Morgan fingerprint density at radius 1 is 1.18 bits per heavy atom. The lowest BCUT2D eigenvalue weighted by Gasteiger charge is -2.40. The lowest BCUT2D eigenvalue weighted by molar-refractivity contribution is -0.137. The number of sulfonamides is 1. The molecule has 1 aliphatic rings. The number of hydrogen-bond acceptors (Lipinski definition) is 4. The number of nitrogens with two attached hydrogens (primary N) is 1. The Balaban J connectivity index is 2.08. The summed E-state index contributed by atoms with van der Waals surface area (Å²) in [4.78, 5) is 14.5. The van der Waals surface area contributed by atoms with Gasteiger partial charge in [-0.2, -0.15) is 13.2 Å². The van der Waals surface area contributed by atoms with Crippen LogP contribution in [0.25, 0.3) is 0 Å². The van der Waals surface area contributed by atoms with Crippen molar-refractivity contribution in [1.82, 2.24) is 4.90 Å². The molecule has 0 radical (unpaired) electrons. The zero-order chi connectivity index (χ0) is 25.3. The van der Waals surface area contributed by atoms with E-state index in [1.807, 2.05) is 6.92 Å². The van der Waals surface area contributed by atoms with Gasteiger partial charge in [-0.3, -0.25) is 9.10 Å². The van der Waals surface area contributed by atoms with Crippen molar-refractivity contribution >= 4 is 44.8 Å². The minimum Gasteiger partial charge on any atom is -0.338 e. The monoisotopic (exact) mass is 537 g/mol. The lowest BCUT2D eigenvalue weighted by atomic mass is 9.90. The number of nitrogens with zero attached hydrogens (tertiary/aromatic N) is 2. The van der Waals surface area contributed by atoms with Crippen LogP contribution in [-0.4, -0.2) is 44.9 Å². The minimum absolute atomic E-state index is 0.0381. The summed E-state index contributed by atoms with van der Waals surface area (Å²) in [6.45, 7) is 1.84. The van der Waals surface area contributed by atoms with Gasteiger partial charge in [0, 0.05) is 17.6 Å². The van der Waals surface area contributed by atoms with Gasteiger partial charge < -0.3 is 10.6 Å². The SMILES string of the molecule is CC1C(CN)CCCN1C(=O)CN(c1cc(C(F)(F)F)ccc1Cl)S(=O)(=O)c1ccc(Cl)cc1. The molecule has 1 fully saturated rings. The number of carbonyl (C=O) groups excluding carboxylic acids is 1. The van der Waals surface area contributed by atoms with Gasteiger partial charge in [0.05, 0.1) is 21.2 Å². The highest BCUT2D eigenvalue weighted by atomic mass is 35.5. The van der Waals surface area contributed by atoms with Crippen LogP contribution >= 0.6 is 23.2 Å². The zero-order valence-electron chi connectivity index (χ0n) is 18.2. The molecule has 2 atom stereocenters. The van der Waals surface area contributed by atoms with Crippen LogP contribution in [-0.2, 0) is 21.0 Å². The van der Waals surface area contributed by atoms with Crippen molar-refractivity contribution in [2.24, 2.45) is 11.7 Å². The number of halogens is 5. The summed E-state index contributed by atoms with van der Waals surface area (Å²) in [5, 5.41) is 0.0264. The molecule has 2 unspecified atom stereocenters. The van der Waals surface area contributed by atoms with E-state index in [-0.39, 0.29) is 26.9 Å². The maximum Gasteiger partial charge on any atom is 0.416 e. The molecular formula is C22H24Cl2F3N3O3S. The fourth-order valence-electron chi connectivity index (χ4n) is 4.02. The number of benzene rings is 2. The molecule has 2 aromatic rings. The standard InChI is InChI=1S/C22H24Cl2F3N3O3S/c1-14-15(12-28)3-2-10-29(14)21(31)13-30(34(32,33)18-7-5-17(23)6-8-18)20-11-16(22(25,26)27)4-9-19(20)24/h4-9,11,14-15H,2-3,10,12-13,28H2,1H3. The fourth-order valence-corrected chi connectivity index (χ4v) is 5.84. The molecule has 6 nitrogen and oxygen atoms in total. The molecule has 34 heavy (non-hydrogen) atoms. The largest absolute Gasteiger partial charge is 0.416 e. The van der Waals surface area contributed by atoms with E-state index < -0.39 is 39.9 Å². The zero-order valence-corrected chi connectivity index (χ0v) is 20.6. The van der Waals surface area contributed by atoms with Gasteiger partial charge in [0.25, 0.3) is 10.0 Å². The molecule has 186 valence electrons. The molecule has 2 N–H and O–H groups in total. The molecule has 2 aromatic carbocycles. The maximum absolute atomic E-state index is 13.5. The van der Waals surface area contributed by atoms with E-state index in [2.05, 4.69) is 0 Å². The third-order valence-corrected chi connectivity index (χ3v) is 8.34. The van der Waals surface area contributed by atoms with Crippen LogP contribution in [0.1, 0.15) is 25.3 Å². The number of anilines is 1. The normalized spacial score (nSPS) is 19.2. The second-order valence-electron chi connectivity index (χ2n) is 8.10. The van der Waals surface area contributed by atoms with Gasteiger partial charge in [0.2, 0.25) is 5.91 Å². The number of likely N-dealkylation sites (tertiary alicyclic amines) is 1. The first kappa shape index (κ1) is 26.6. The number of hydrogen-bond donors (Lipinski definition) is 1. The maximum atomic E-state index is 13.5. The van der Waals surface area contributed by atoms with Crippen LogP contribution in [0.2, 0.25) is 10.0 Å². The highest BCUT2D eigenvalue weighted by Crippen LogP contribution is 2.37. The Morgan fingerprint density at radius 2 is 1.82 bits per heavy atom. The number of rotatable bonds is 6. The molecule has 0 aromatic heterocycles. The Morgan fingerprint density at radius 3 is 2.41 bits per heavy atom. The molecule has 3 rings (SSSR count). The van der Waals surface area contributed by atoms with Crippen LogP contribution < -0.4 is 10.0 Å². The minimum atomic E-state index is -4.74. The van der Waals surface area contributed by atoms with E-state index in [4.69, 9.17) is 28.9 Å². The van der Waals surface area contributed by atoms with Crippen molar-refractivity contribution in [3.05, 3.63) is 58.1 Å². The van der Waals surface area contributed by atoms with Gasteiger partial charge >= 0.3 is 6.18 Å². The molecular weight excluding hydrogens is 514 g/mol. The third-order valence-electron chi connectivity index (χ3n) is 5.99. The molecule has 12 heteroatoms. The fraction of sp³-hybridized carbons (Fsp3) is 0.409. The first-order chi connectivity index (χ1) is 15.9. The molecule has 1 heterocycles. The average Bonchev–Trinajstić information content (AvgIpc) is 2.77. The quantitative estimate of drug-likeness (QED) is 0.573. The smallest absolute Gasteiger partial charge is 0.338 e. The number of piperidine rings is 1. The molecule has 1 aliphatic heterocycles. The van der Waals surface area contributed by atoms with Crippen LogP contribution in [0.15, 0.2) is 47.4 Å². The van der Waals surface area contributed by atoms with Crippen LogP contribution in [0, 0.1) is 5.92 Å². The van der Waals surface area contributed by atoms with Crippen LogP contribution in [0.4, 0.5) is 18.9 Å². The van der Waals surface area contributed by atoms with E-state index >= 15 is 0 Å². The summed E-state index contributed by atoms with van der Waals surface area (Å²) < 4.78 is 67.9. The number of amides is 1. The topological polar surface area (TPSA) is 83.7 Å². The second kappa shape index (κ2) is 10.3. The molecule has 0 aliphatic carbocycles. The predicted octanol–water partition coefficient (Wildman–Crippen LogP) is 4.79. The first-order valence-electron chi connectivity index (χ1n) is 10.5. The van der Waals surface area contributed by atoms with Gasteiger partial charge in [-0.15, -0.1) is 0 Å². The Bertz CT molecular complexity index is 1140. The Hall–Kier alpha value is -2.01. The van der Waals surface area contributed by atoms with Gasteiger partial charge in [0.1, 0.15) is 6.54 Å². The van der Waals surface area contributed by atoms with Crippen molar-refractivity contribution in [1.29, 1.82) is 0 Å². The van der Waals surface area contributed by atoms with Gasteiger partial charge in [0.15, 0.2) is 0 Å². The summed E-state index contributed by atoms with van der Waals surface area (Å²) in [7, 11) is -4.48. The van der Waals surface area contributed by atoms with Crippen LogP contribution in [0.5, 0.6) is 0 Å². The first-order valence-corrected chi connectivity index (χ1v) is 12.7. The molecule has 0 bridgehead atoms. The lowest BCUT2D eigenvalue weighted by Crippen LogP contribution is -2.52. The number of alkyl halides is 3. The van der Waals surface area contributed by atoms with E-state index in [1.165, 1.54) is 29.2 Å². The van der Waals surface area contributed by atoms with E-state index in [9.17, 15) is 26.4 Å². The summed E-state index contributed by atoms with van der Waals surface area (Å²) in [5.41, 5.74) is 4.27.